The second kappa shape index (κ2) is 8.30. The van der Waals surface area contributed by atoms with Crippen molar-refractivity contribution in [2.24, 2.45) is 0 Å². The molecule has 0 aromatic heterocycles. The highest BCUT2D eigenvalue weighted by atomic mass is 35.5. The van der Waals surface area contributed by atoms with Crippen LogP contribution >= 0.6 is 23.2 Å². The number of benzene rings is 2. The Balaban J connectivity index is 1.70. The summed E-state index contributed by atoms with van der Waals surface area (Å²) in [6.07, 6.45) is 0. The summed E-state index contributed by atoms with van der Waals surface area (Å²) >= 11 is 12.0. The molecule has 0 atom stereocenters. The van der Waals surface area contributed by atoms with Crippen LogP contribution in [0.5, 0.6) is 0 Å². The molecule has 3 rings (SSSR count). The van der Waals surface area contributed by atoms with Crippen LogP contribution in [0.3, 0.4) is 0 Å². The lowest BCUT2D eigenvalue weighted by atomic mass is 10.1. The highest BCUT2D eigenvalue weighted by Crippen LogP contribution is 2.26. The van der Waals surface area contributed by atoms with E-state index in [0.29, 0.717) is 15.6 Å². The van der Waals surface area contributed by atoms with Gasteiger partial charge < -0.3 is 15.1 Å². The highest BCUT2D eigenvalue weighted by molar-refractivity contribution is 6.37. The van der Waals surface area contributed by atoms with Crippen molar-refractivity contribution in [3.8, 4) is 0 Å². The SMILES string of the molecule is CCN1CCN(c2ccc(NC(=O)c3ccc(Cl)cc3Cl)cc2C)CC1. The van der Waals surface area contributed by atoms with E-state index in [0.717, 1.165) is 44.0 Å². The van der Waals surface area contributed by atoms with Crippen molar-refractivity contribution in [2.45, 2.75) is 13.8 Å². The molecule has 1 amide bonds. The lowest BCUT2D eigenvalue weighted by Gasteiger charge is -2.36. The first-order chi connectivity index (χ1) is 12.5. The molecule has 0 unspecified atom stereocenters. The number of halogens is 2. The second-order valence-electron chi connectivity index (χ2n) is 6.50. The fraction of sp³-hybridized carbons (Fsp3) is 0.350. The van der Waals surface area contributed by atoms with Gasteiger partial charge in [-0.15, -0.1) is 0 Å². The van der Waals surface area contributed by atoms with Crippen LogP contribution in [0.1, 0.15) is 22.8 Å². The molecule has 1 saturated heterocycles. The van der Waals surface area contributed by atoms with Gasteiger partial charge in [-0.25, -0.2) is 0 Å². The molecule has 138 valence electrons. The van der Waals surface area contributed by atoms with E-state index in [-0.39, 0.29) is 5.91 Å². The minimum Gasteiger partial charge on any atom is -0.369 e. The minimum absolute atomic E-state index is 0.240. The van der Waals surface area contributed by atoms with Gasteiger partial charge in [0.25, 0.3) is 5.91 Å². The van der Waals surface area contributed by atoms with E-state index in [2.05, 4.69) is 35.0 Å². The number of likely N-dealkylation sites (N-methyl/N-ethyl adjacent to an activating group) is 1. The Morgan fingerprint density at radius 2 is 1.81 bits per heavy atom. The Labute approximate surface area is 164 Å². The lowest BCUT2D eigenvalue weighted by molar-refractivity contribution is 0.102. The summed E-state index contributed by atoms with van der Waals surface area (Å²) in [7, 11) is 0. The van der Waals surface area contributed by atoms with Gasteiger partial charge in [0.05, 0.1) is 10.6 Å². The number of anilines is 2. The number of amides is 1. The molecule has 1 N–H and O–H groups in total. The van der Waals surface area contributed by atoms with Crippen LogP contribution in [0.4, 0.5) is 11.4 Å². The maximum Gasteiger partial charge on any atom is 0.257 e. The summed E-state index contributed by atoms with van der Waals surface area (Å²) in [5, 5.41) is 3.77. The molecule has 4 nitrogen and oxygen atoms in total. The largest absolute Gasteiger partial charge is 0.369 e. The number of rotatable bonds is 4. The third-order valence-corrected chi connectivity index (χ3v) is 5.34. The molecular formula is C20H23Cl2N3O. The fourth-order valence-corrected chi connectivity index (χ4v) is 3.76. The molecule has 1 heterocycles. The van der Waals surface area contributed by atoms with Crippen LogP contribution in [0.2, 0.25) is 10.0 Å². The van der Waals surface area contributed by atoms with Crippen LogP contribution in [0, 0.1) is 6.92 Å². The summed E-state index contributed by atoms with van der Waals surface area (Å²) in [4.78, 5) is 17.3. The molecule has 0 aliphatic carbocycles. The first kappa shape index (κ1) is 19.0. The summed E-state index contributed by atoms with van der Waals surface area (Å²) in [5.41, 5.74) is 3.54. The predicted octanol–water partition coefficient (Wildman–Crippen LogP) is 4.70. The Morgan fingerprint density at radius 3 is 2.42 bits per heavy atom. The van der Waals surface area contributed by atoms with Gasteiger partial charge in [-0.05, 0) is 55.4 Å². The van der Waals surface area contributed by atoms with Gasteiger partial charge in [0, 0.05) is 42.6 Å². The van der Waals surface area contributed by atoms with Crippen LogP contribution in [-0.4, -0.2) is 43.5 Å². The fourth-order valence-electron chi connectivity index (χ4n) is 3.27. The van der Waals surface area contributed by atoms with Crippen LogP contribution in [0.25, 0.3) is 0 Å². The average Bonchev–Trinajstić information content (AvgIpc) is 2.62. The molecule has 1 aliphatic rings. The summed E-state index contributed by atoms with van der Waals surface area (Å²) in [5.74, 6) is -0.240. The summed E-state index contributed by atoms with van der Waals surface area (Å²) in [6, 6.07) is 10.9. The van der Waals surface area contributed by atoms with Gasteiger partial charge in [0.1, 0.15) is 0 Å². The van der Waals surface area contributed by atoms with Crippen LogP contribution in [0.15, 0.2) is 36.4 Å². The molecule has 1 fully saturated rings. The number of hydrogen-bond donors (Lipinski definition) is 1. The van der Waals surface area contributed by atoms with Crippen molar-refractivity contribution >= 4 is 40.5 Å². The number of carbonyl (C=O) groups excluding carboxylic acids is 1. The first-order valence-electron chi connectivity index (χ1n) is 8.82. The maximum atomic E-state index is 12.5. The number of aryl methyl sites for hydroxylation is 1. The zero-order valence-corrected chi connectivity index (χ0v) is 16.6. The van der Waals surface area contributed by atoms with Gasteiger partial charge in [-0.1, -0.05) is 30.1 Å². The predicted molar refractivity (Wildman–Crippen MR) is 110 cm³/mol. The molecule has 0 saturated carbocycles. The third kappa shape index (κ3) is 4.32. The summed E-state index contributed by atoms with van der Waals surface area (Å²) in [6.45, 7) is 9.61. The van der Waals surface area contributed by atoms with E-state index in [1.165, 1.54) is 5.69 Å². The molecule has 1 aliphatic heterocycles. The van der Waals surface area contributed by atoms with Gasteiger partial charge in [0.2, 0.25) is 0 Å². The third-order valence-electron chi connectivity index (χ3n) is 4.79. The number of nitrogens with one attached hydrogen (secondary N) is 1. The maximum absolute atomic E-state index is 12.5. The Kier molecular flexibility index (Phi) is 6.07. The number of nitrogens with zero attached hydrogens (tertiary/aromatic N) is 2. The van der Waals surface area contributed by atoms with Crippen molar-refractivity contribution in [2.75, 3.05) is 42.9 Å². The van der Waals surface area contributed by atoms with Crippen LogP contribution in [-0.2, 0) is 0 Å². The minimum atomic E-state index is -0.240. The lowest BCUT2D eigenvalue weighted by Crippen LogP contribution is -2.46. The van der Waals surface area contributed by atoms with Crippen molar-refractivity contribution in [1.29, 1.82) is 0 Å². The standard InChI is InChI=1S/C20H23Cl2N3O/c1-3-24-8-10-25(11-9-24)19-7-5-16(12-14(19)2)23-20(26)17-6-4-15(21)13-18(17)22/h4-7,12-13H,3,8-11H2,1-2H3,(H,23,26). The van der Waals surface area contributed by atoms with E-state index in [4.69, 9.17) is 23.2 Å². The van der Waals surface area contributed by atoms with Crippen molar-refractivity contribution in [3.05, 3.63) is 57.6 Å². The average molecular weight is 392 g/mol. The molecule has 2 aromatic rings. The highest BCUT2D eigenvalue weighted by Gasteiger charge is 2.18. The molecule has 2 aromatic carbocycles. The quantitative estimate of drug-likeness (QED) is 0.820. The number of hydrogen-bond acceptors (Lipinski definition) is 3. The number of piperazine rings is 1. The van der Waals surface area contributed by atoms with E-state index in [9.17, 15) is 4.79 Å². The topological polar surface area (TPSA) is 35.6 Å². The second-order valence-corrected chi connectivity index (χ2v) is 7.34. The molecule has 26 heavy (non-hydrogen) atoms. The molecule has 0 radical (unpaired) electrons. The Hall–Kier alpha value is -1.75. The van der Waals surface area contributed by atoms with Gasteiger partial charge in [-0.3, -0.25) is 4.79 Å². The van der Waals surface area contributed by atoms with Crippen molar-refractivity contribution < 1.29 is 4.79 Å². The van der Waals surface area contributed by atoms with Gasteiger partial charge >= 0.3 is 0 Å². The van der Waals surface area contributed by atoms with E-state index >= 15 is 0 Å². The van der Waals surface area contributed by atoms with Gasteiger partial charge in [-0.2, -0.15) is 0 Å². The van der Waals surface area contributed by atoms with Crippen LogP contribution < -0.4 is 10.2 Å². The first-order valence-corrected chi connectivity index (χ1v) is 9.58. The Bertz CT molecular complexity index is 802. The zero-order chi connectivity index (χ0) is 18.7. The molecule has 0 spiro atoms. The molecule has 6 heteroatoms. The van der Waals surface area contributed by atoms with E-state index in [1.807, 2.05) is 12.1 Å². The molecular weight excluding hydrogens is 369 g/mol. The zero-order valence-electron chi connectivity index (χ0n) is 15.1. The monoisotopic (exact) mass is 391 g/mol. The Morgan fingerprint density at radius 1 is 1.08 bits per heavy atom. The summed E-state index contributed by atoms with van der Waals surface area (Å²) < 4.78 is 0. The van der Waals surface area contributed by atoms with E-state index in [1.54, 1.807) is 18.2 Å². The normalized spacial score (nSPS) is 15.2. The van der Waals surface area contributed by atoms with Gasteiger partial charge in [0.15, 0.2) is 0 Å². The molecule has 0 bridgehead atoms. The number of carbonyl (C=O) groups is 1. The smallest absolute Gasteiger partial charge is 0.257 e. The van der Waals surface area contributed by atoms with Crippen molar-refractivity contribution in [1.82, 2.24) is 4.90 Å². The van der Waals surface area contributed by atoms with E-state index < -0.39 is 0 Å². The van der Waals surface area contributed by atoms with Crippen molar-refractivity contribution in [3.63, 3.8) is 0 Å².